The summed E-state index contributed by atoms with van der Waals surface area (Å²) in [6.45, 7) is 5.65. The van der Waals surface area contributed by atoms with Crippen LogP contribution in [0.4, 0.5) is 0 Å². The standard InChI is InChI=1S/C11H21N3O3S/c1-9(2)14(6-5-7-15)18(16,17)11-8-13(4)10(3)12-11/h8-9,15H,5-7H2,1-4H3. The number of rotatable bonds is 6. The minimum absolute atomic E-state index is 0.0278. The number of sulfonamides is 1. The lowest BCUT2D eigenvalue weighted by atomic mass is 10.3. The fraction of sp³-hybridized carbons (Fsp3) is 0.727. The summed E-state index contributed by atoms with van der Waals surface area (Å²) in [5.74, 6) is 0.652. The maximum absolute atomic E-state index is 12.4. The molecule has 0 atom stereocenters. The SMILES string of the molecule is Cc1nc(S(=O)(=O)N(CCCO)C(C)C)cn1C. The van der Waals surface area contributed by atoms with Gasteiger partial charge < -0.3 is 9.67 Å². The Labute approximate surface area is 108 Å². The molecule has 1 heterocycles. The van der Waals surface area contributed by atoms with Crippen molar-refractivity contribution in [3.63, 3.8) is 0 Å². The van der Waals surface area contributed by atoms with E-state index in [1.807, 2.05) is 13.8 Å². The molecule has 0 fully saturated rings. The van der Waals surface area contributed by atoms with Gasteiger partial charge in [-0.1, -0.05) is 0 Å². The highest BCUT2D eigenvalue weighted by molar-refractivity contribution is 7.89. The van der Waals surface area contributed by atoms with Crippen LogP contribution in [0.25, 0.3) is 0 Å². The Morgan fingerprint density at radius 1 is 1.50 bits per heavy atom. The summed E-state index contributed by atoms with van der Waals surface area (Å²) in [5.41, 5.74) is 0. The number of aliphatic hydroxyl groups excluding tert-OH is 1. The molecule has 0 aliphatic rings. The summed E-state index contributed by atoms with van der Waals surface area (Å²) in [7, 11) is -1.83. The predicted molar refractivity (Wildman–Crippen MR) is 68.7 cm³/mol. The van der Waals surface area contributed by atoms with Crippen LogP contribution in [0.2, 0.25) is 0 Å². The molecule has 1 N–H and O–H groups in total. The third-order valence-corrected chi connectivity index (χ3v) is 4.72. The molecular formula is C11H21N3O3S. The zero-order valence-electron chi connectivity index (χ0n) is 11.3. The first-order chi connectivity index (χ1) is 8.30. The predicted octanol–water partition coefficient (Wildman–Crippen LogP) is 0.510. The Morgan fingerprint density at radius 2 is 2.11 bits per heavy atom. The van der Waals surface area contributed by atoms with Crippen molar-refractivity contribution in [1.82, 2.24) is 13.9 Å². The van der Waals surface area contributed by atoms with Crippen LogP contribution in [-0.4, -0.2) is 46.6 Å². The first-order valence-corrected chi connectivity index (χ1v) is 7.37. The van der Waals surface area contributed by atoms with Crippen molar-refractivity contribution in [2.45, 2.75) is 38.3 Å². The summed E-state index contributed by atoms with van der Waals surface area (Å²) >= 11 is 0. The molecule has 0 unspecified atom stereocenters. The van der Waals surface area contributed by atoms with Gasteiger partial charge in [0.15, 0.2) is 5.03 Å². The van der Waals surface area contributed by atoms with Crippen LogP contribution in [0, 0.1) is 6.92 Å². The van der Waals surface area contributed by atoms with Gasteiger partial charge in [0.05, 0.1) is 0 Å². The number of hydrogen-bond donors (Lipinski definition) is 1. The number of nitrogens with zero attached hydrogens (tertiary/aromatic N) is 3. The number of aromatic nitrogens is 2. The third kappa shape index (κ3) is 3.09. The quantitative estimate of drug-likeness (QED) is 0.821. The molecule has 0 saturated heterocycles. The van der Waals surface area contributed by atoms with Crippen LogP contribution in [0.3, 0.4) is 0 Å². The third-order valence-electron chi connectivity index (χ3n) is 2.77. The number of hydrogen-bond acceptors (Lipinski definition) is 4. The van der Waals surface area contributed by atoms with Gasteiger partial charge in [-0.15, -0.1) is 0 Å². The smallest absolute Gasteiger partial charge is 0.262 e. The number of aliphatic hydroxyl groups is 1. The van der Waals surface area contributed by atoms with E-state index in [0.717, 1.165) is 0 Å². The Morgan fingerprint density at radius 3 is 2.50 bits per heavy atom. The van der Waals surface area contributed by atoms with Crippen LogP contribution in [0.15, 0.2) is 11.2 Å². The molecule has 6 nitrogen and oxygen atoms in total. The average Bonchev–Trinajstić information content (AvgIpc) is 2.59. The number of aryl methyl sites for hydroxylation is 2. The van der Waals surface area contributed by atoms with Gasteiger partial charge in [-0.2, -0.15) is 4.31 Å². The molecule has 1 aromatic heterocycles. The highest BCUT2D eigenvalue weighted by atomic mass is 32.2. The number of imidazole rings is 1. The lowest BCUT2D eigenvalue weighted by Gasteiger charge is -2.24. The van der Waals surface area contributed by atoms with Crippen LogP contribution in [0.1, 0.15) is 26.1 Å². The molecular weight excluding hydrogens is 254 g/mol. The summed E-state index contributed by atoms with van der Waals surface area (Å²) in [6.07, 6.45) is 1.93. The van der Waals surface area contributed by atoms with Crippen molar-refractivity contribution >= 4 is 10.0 Å². The van der Waals surface area contributed by atoms with Crippen molar-refractivity contribution in [3.05, 3.63) is 12.0 Å². The molecule has 0 spiro atoms. The van der Waals surface area contributed by atoms with Gasteiger partial charge in [-0.25, -0.2) is 13.4 Å². The normalized spacial score (nSPS) is 12.6. The Bertz CT molecular complexity index is 474. The van der Waals surface area contributed by atoms with Crippen molar-refractivity contribution < 1.29 is 13.5 Å². The molecule has 104 valence electrons. The van der Waals surface area contributed by atoms with Crippen molar-refractivity contribution in [2.24, 2.45) is 7.05 Å². The van der Waals surface area contributed by atoms with E-state index >= 15 is 0 Å². The fourth-order valence-corrected chi connectivity index (χ4v) is 3.36. The monoisotopic (exact) mass is 275 g/mol. The summed E-state index contributed by atoms with van der Waals surface area (Å²) in [5, 5.41) is 8.90. The Balaban J connectivity index is 3.08. The van der Waals surface area contributed by atoms with E-state index in [1.54, 1.807) is 18.5 Å². The van der Waals surface area contributed by atoms with Gasteiger partial charge in [0.1, 0.15) is 5.82 Å². The topological polar surface area (TPSA) is 75.4 Å². The first-order valence-electron chi connectivity index (χ1n) is 5.93. The summed E-state index contributed by atoms with van der Waals surface area (Å²) in [4.78, 5) is 4.06. The molecule has 1 aromatic rings. The van der Waals surface area contributed by atoms with Gasteiger partial charge in [0.25, 0.3) is 10.0 Å². The van der Waals surface area contributed by atoms with E-state index in [9.17, 15) is 8.42 Å². The molecule has 0 saturated carbocycles. The Hall–Kier alpha value is -0.920. The van der Waals surface area contributed by atoms with Crippen LogP contribution in [0.5, 0.6) is 0 Å². The van der Waals surface area contributed by atoms with E-state index in [2.05, 4.69) is 4.98 Å². The second-order valence-corrected chi connectivity index (χ2v) is 6.36. The van der Waals surface area contributed by atoms with Gasteiger partial charge in [0, 0.05) is 32.4 Å². The first kappa shape index (κ1) is 15.1. The van der Waals surface area contributed by atoms with E-state index in [-0.39, 0.29) is 17.7 Å². The van der Waals surface area contributed by atoms with E-state index < -0.39 is 10.0 Å². The Kier molecular flexibility index (Phi) is 4.89. The highest BCUT2D eigenvalue weighted by Crippen LogP contribution is 2.17. The van der Waals surface area contributed by atoms with Crippen molar-refractivity contribution in [1.29, 1.82) is 0 Å². The van der Waals surface area contributed by atoms with Gasteiger partial charge in [-0.05, 0) is 27.2 Å². The largest absolute Gasteiger partial charge is 0.396 e. The van der Waals surface area contributed by atoms with Gasteiger partial charge in [-0.3, -0.25) is 0 Å². The molecule has 0 radical (unpaired) electrons. The molecule has 0 aliphatic carbocycles. The second-order valence-electron chi connectivity index (χ2n) is 4.52. The zero-order valence-corrected chi connectivity index (χ0v) is 12.1. The molecule has 0 aromatic carbocycles. The molecule has 0 bridgehead atoms. The van der Waals surface area contributed by atoms with E-state index in [0.29, 0.717) is 18.8 Å². The van der Waals surface area contributed by atoms with E-state index in [1.165, 1.54) is 10.5 Å². The minimum atomic E-state index is -3.58. The van der Waals surface area contributed by atoms with Crippen LogP contribution >= 0.6 is 0 Å². The van der Waals surface area contributed by atoms with Crippen LogP contribution in [-0.2, 0) is 17.1 Å². The average molecular weight is 275 g/mol. The molecule has 18 heavy (non-hydrogen) atoms. The van der Waals surface area contributed by atoms with E-state index in [4.69, 9.17) is 5.11 Å². The lowest BCUT2D eigenvalue weighted by molar-refractivity contribution is 0.258. The lowest BCUT2D eigenvalue weighted by Crippen LogP contribution is -2.38. The molecule has 0 aliphatic heterocycles. The fourth-order valence-electron chi connectivity index (χ4n) is 1.65. The molecule has 1 rings (SSSR count). The van der Waals surface area contributed by atoms with Gasteiger partial charge in [0.2, 0.25) is 0 Å². The molecule has 0 amide bonds. The van der Waals surface area contributed by atoms with Crippen molar-refractivity contribution in [2.75, 3.05) is 13.2 Å². The minimum Gasteiger partial charge on any atom is -0.396 e. The summed E-state index contributed by atoms with van der Waals surface area (Å²) < 4.78 is 27.9. The van der Waals surface area contributed by atoms with Gasteiger partial charge >= 0.3 is 0 Å². The van der Waals surface area contributed by atoms with Crippen LogP contribution < -0.4 is 0 Å². The second kappa shape index (κ2) is 5.81. The maximum atomic E-state index is 12.4. The highest BCUT2D eigenvalue weighted by Gasteiger charge is 2.28. The zero-order chi connectivity index (χ0) is 13.9. The maximum Gasteiger partial charge on any atom is 0.262 e. The van der Waals surface area contributed by atoms with Crippen molar-refractivity contribution in [3.8, 4) is 0 Å². The molecule has 7 heteroatoms. The summed E-state index contributed by atoms with van der Waals surface area (Å²) in [6, 6.07) is -0.163.